The predicted molar refractivity (Wildman–Crippen MR) is 100 cm³/mol. The Morgan fingerprint density at radius 1 is 1.12 bits per heavy atom. The smallest absolute Gasteiger partial charge is 0.212 e. The number of hydrogen-bond donors (Lipinski definition) is 0. The van der Waals surface area contributed by atoms with Crippen LogP contribution in [-0.2, 0) is 0 Å². The largest absolute Gasteiger partial charge is 0.494 e. The quantitative estimate of drug-likeness (QED) is 0.504. The van der Waals surface area contributed by atoms with Gasteiger partial charge in [-0.25, -0.2) is 9.50 Å². The molecule has 0 amide bonds. The van der Waals surface area contributed by atoms with Crippen LogP contribution in [0.15, 0.2) is 30.5 Å². The van der Waals surface area contributed by atoms with Gasteiger partial charge in [-0.1, -0.05) is 38.5 Å². The van der Waals surface area contributed by atoms with Gasteiger partial charge in [0.15, 0.2) is 0 Å². The van der Waals surface area contributed by atoms with Crippen molar-refractivity contribution in [1.82, 2.24) is 14.6 Å². The van der Waals surface area contributed by atoms with Gasteiger partial charge in [-0.05, 0) is 43.5 Å². The molecule has 0 N–H and O–H groups in total. The Balaban J connectivity index is 1.76. The molecule has 0 spiro atoms. The summed E-state index contributed by atoms with van der Waals surface area (Å²) in [4.78, 5) is 5.71. The molecule has 4 nitrogen and oxygen atoms in total. The van der Waals surface area contributed by atoms with Crippen molar-refractivity contribution in [2.75, 3.05) is 6.61 Å². The fourth-order valence-corrected chi connectivity index (χ4v) is 3.86. The maximum Gasteiger partial charge on any atom is 0.212 e. The highest BCUT2D eigenvalue weighted by Gasteiger charge is 2.15. The van der Waals surface area contributed by atoms with E-state index in [1.165, 1.54) is 5.01 Å². The fourth-order valence-electron chi connectivity index (χ4n) is 2.71. The summed E-state index contributed by atoms with van der Waals surface area (Å²) in [7, 11) is 0. The molecule has 1 aromatic carbocycles. The average Bonchev–Trinajstić information content (AvgIpc) is 3.16. The van der Waals surface area contributed by atoms with Crippen molar-refractivity contribution in [2.24, 2.45) is 0 Å². The van der Waals surface area contributed by atoms with Crippen LogP contribution >= 0.6 is 11.3 Å². The maximum atomic E-state index is 5.71. The minimum atomic E-state index is 0.541. The van der Waals surface area contributed by atoms with Crippen molar-refractivity contribution < 1.29 is 4.74 Å². The molecule has 0 unspecified atom stereocenters. The summed E-state index contributed by atoms with van der Waals surface area (Å²) in [5.41, 5.74) is 2.06. The van der Waals surface area contributed by atoms with E-state index in [-0.39, 0.29) is 0 Å². The van der Waals surface area contributed by atoms with Crippen molar-refractivity contribution in [2.45, 2.75) is 52.4 Å². The standard InChI is InChI=1S/C19H25N3OS/c1-4-7-12-23-16-10-8-15(9-11-16)17-13-22-19(20-17)24-18(21-22)14(5-2)6-3/h8-11,13-14H,4-7,12H2,1-3H3. The zero-order valence-corrected chi connectivity index (χ0v) is 15.5. The summed E-state index contributed by atoms with van der Waals surface area (Å²) in [5, 5.41) is 5.90. The SMILES string of the molecule is CCCCOc1ccc(-c2cn3nc(C(CC)CC)sc3n2)cc1. The summed E-state index contributed by atoms with van der Waals surface area (Å²) >= 11 is 1.70. The molecule has 5 heteroatoms. The lowest BCUT2D eigenvalue weighted by Crippen LogP contribution is -1.96. The lowest BCUT2D eigenvalue weighted by molar-refractivity contribution is 0.309. The average molecular weight is 343 g/mol. The number of hydrogen-bond acceptors (Lipinski definition) is 4. The van der Waals surface area contributed by atoms with Gasteiger partial charge in [-0.2, -0.15) is 5.10 Å². The van der Waals surface area contributed by atoms with Crippen LogP contribution in [0.2, 0.25) is 0 Å². The topological polar surface area (TPSA) is 39.4 Å². The number of rotatable bonds is 8. The van der Waals surface area contributed by atoms with Crippen LogP contribution in [0.1, 0.15) is 57.4 Å². The molecule has 0 atom stereocenters. The number of ether oxygens (including phenoxy) is 1. The Labute approximate surface area is 147 Å². The van der Waals surface area contributed by atoms with Gasteiger partial charge in [-0.15, -0.1) is 0 Å². The molecule has 0 saturated heterocycles. The minimum absolute atomic E-state index is 0.541. The summed E-state index contributed by atoms with van der Waals surface area (Å²) < 4.78 is 7.63. The first-order chi connectivity index (χ1) is 11.7. The molecule has 2 aromatic heterocycles. The number of aromatic nitrogens is 3. The molecule has 0 bridgehead atoms. The highest BCUT2D eigenvalue weighted by molar-refractivity contribution is 7.16. The third kappa shape index (κ3) is 3.61. The Morgan fingerprint density at radius 3 is 2.50 bits per heavy atom. The molecule has 0 radical (unpaired) electrons. The summed E-state index contributed by atoms with van der Waals surface area (Å²) in [6.45, 7) is 7.38. The molecule has 0 aliphatic heterocycles. The van der Waals surface area contributed by atoms with E-state index in [1.54, 1.807) is 11.3 Å². The predicted octanol–water partition coefficient (Wildman–Crippen LogP) is 5.54. The van der Waals surface area contributed by atoms with Crippen LogP contribution in [-0.4, -0.2) is 21.2 Å². The van der Waals surface area contributed by atoms with Gasteiger partial charge in [0, 0.05) is 11.5 Å². The second-order valence-electron chi connectivity index (χ2n) is 6.03. The van der Waals surface area contributed by atoms with E-state index in [0.717, 1.165) is 54.3 Å². The number of fused-ring (bicyclic) bond motifs is 1. The van der Waals surface area contributed by atoms with Gasteiger partial charge in [0.05, 0.1) is 18.5 Å². The van der Waals surface area contributed by atoms with Crippen LogP contribution in [0.3, 0.4) is 0 Å². The first-order valence-electron chi connectivity index (χ1n) is 8.84. The highest BCUT2D eigenvalue weighted by Crippen LogP contribution is 2.29. The van der Waals surface area contributed by atoms with Crippen molar-refractivity contribution >= 4 is 16.3 Å². The molecular formula is C19H25N3OS. The zero-order valence-electron chi connectivity index (χ0n) is 14.7. The molecule has 0 aliphatic carbocycles. The molecule has 2 heterocycles. The molecule has 3 aromatic rings. The van der Waals surface area contributed by atoms with Gasteiger partial charge in [-0.3, -0.25) is 0 Å². The van der Waals surface area contributed by atoms with E-state index >= 15 is 0 Å². The zero-order chi connectivity index (χ0) is 16.9. The van der Waals surface area contributed by atoms with Crippen molar-refractivity contribution in [3.8, 4) is 17.0 Å². The van der Waals surface area contributed by atoms with Gasteiger partial charge in [0.25, 0.3) is 0 Å². The molecule has 128 valence electrons. The summed E-state index contributed by atoms with van der Waals surface area (Å²) in [5.74, 6) is 1.46. The Morgan fingerprint density at radius 2 is 1.88 bits per heavy atom. The van der Waals surface area contributed by atoms with E-state index in [1.807, 2.05) is 22.8 Å². The van der Waals surface area contributed by atoms with Crippen LogP contribution < -0.4 is 4.74 Å². The molecule has 0 saturated carbocycles. The normalized spacial score (nSPS) is 11.5. The maximum absolute atomic E-state index is 5.71. The second-order valence-corrected chi connectivity index (χ2v) is 7.02. The summed E-state index contributed by atoms with van der Waals surface area (Å²) in [6, 6.07) is 8.16. The van der Waals surface area contributed by atoms with E-state index < -0.39 is 0 Å². The van der Waals surface area contributed by atoms with Gasteiger partial charge >= 0.3 is 0 Å². The molecule has 3 rings (SSSR count). The molecular weight excluding hydrogens is 318 g/mol. The van der Waals surface area contributed by atoms with Crippen LogP contribution in [0.5, 0.6) is 5.75 Å². The number of nitrogens with zero attached hydrogens (tertiary/aromatic N) is 3. The second kappa shape index (κ2) is 7.79. The molecule has 0 aliphatic rings. The third-order valence-corrected chi connectivity index (χ3v) is 5.40. The van der Waals surface area contributed by atoms with E-state index in [9.17, 15) is 0 Å². The number of imidazole rings is 1. The monoisotopic (exact) mass is 343 g/mol. The van der Waals surface area contributed by atoms with Crippen molar-refractivity contribution in [1.29, 1.82) is 0 Å². The Bertz CT molecular complexity index is 740. The lowest BCUT2D eigenvalue weighted by Gasteiger charge is -2.06. The highest BCUT2D eigenvalue weighted by atomic mass is 32.1. The van der Waals surface area contributed by atoms with Gasteiger partial charge in [0.1, 0.15) is 10.8 Å². The number of benzene rings is 1. The van der Waals surface area contributed by atoms with Crippen molar-refractivity contribution in [3.63, 3.8) is 0 Å². The lowest BCUT2D eigenvalue weighted by atomic mass is 10.1. The van der Waals surface area contributed by atoms with Crippen LogP contribution in [0.4, 0.5) is 0 Å². The molecule has 24 heavy (non-hydrogen) atoms. The Hall–Kier alpha value is -1.88. The Kier molecular flexibility index (Phi) is 5.51. The first-order valence-corrected chi connectivity index (χ1v) is 9.66. The summed E-state index contributed by atoms with van der Waals surface area (Å²) in [6.07, 6.45) is 6.50. The van der Waals surface area contributed by atoms with Crippen LogP contribution in [0, 0.1) is 0 Å². The van der Waals surface area contributed by atoms with Gasteiger partial charge in [0.2, 0.25) is 4.96 Å². The number of unbranched alkanes of at least 4 members (excludes halogenated alkanes) is 1. The first kappa shape index (κ1) is 17.0. The van der Waals surface area contributed by atoms with Gasteiger partial charge < -0.3 is 4.74 Å². The van der Waals surface area contributed by atoms with E-state index in [4.69, 9.17) is 14.8 Å². The minimum Gasteiger partial charge on any atom is -0.494 e. The van der Waals surface area contributed by atoms with E-state index in [2.05, 4.69) is 32.9 Å². The van der Waals surface area contributed by atoms with Crippen LogP contribution in [0.25, 0.3) is 16.2 Å². The van der Waals surface area contributed by atoms with E-state index in [0.29, 0.717) is 5.92 Å². The molecule has 0 fully saturated rings. The third-order valence-electron chi connectivity index (χ3n) is 4.31. The fraction of sp³-hybridized carbons (Fsp3) is 0.474. The van der Waals surface area contributed by atoms with Crippen molar-refractivity contribution in [3.05, 3.63) is 35.5 Å².